The molecule has 0 atom stereocenters. The van der Waals surface area contributed by atoms with Crippen LogP contribution in [0.4, 0.5) is 5.82 Å². The largest absolute Gasteiger partial charge is 0.424 e. The highest BCUT2D eigenvalue weighted by Gasteiger charge is 2.23. The molecule has 4 heterocycles. The van der Waals surface area contributed by atoms with E-state index in [1.165, 1.54) is 6.33 Å². The van der Waals surface area contributed by atoms with Crippen LogP contribution in [0.2, 0.25) is 0 Å². The summed E-state index contributed by atoms with van der Waals surface area (Å²) in [5, 5.41) is 0.767. The summed E-state index contributed by atoms with van der Waals surface area (Å²) in [7, 11) is 1.95. The average Bonchev–Trinajstić information content (AvgIpc) is 3.13. The van der Waals surface area contributed by atoms with Gasteiger partial charge in [0, 0.05) is 36.3 Å². The Morgan fingerprint density at radius 1 is 1.00 bits per heavy atom. The van der Waals surface area contributed by atoms with Gasteiger partial charge in [-0.1, -0.05) is 18.7 Å². The van der Waals surface area contributed by atoms with Crippen LogP contribution >= 0.6 is 0 Å². The first-order chi connectivity index (χ1) is 16.5. The lowest BCUT2D eigenvalue weighted by molar-refractivity contribution is 0.440. The highest BCUT2D eigenvalue weighted by atomic mass is 16.5. The summed E-state index contributed by atoms with van der Waals surface area (Å²) in [5.41, 5.74) is 12.3. The van der Waals surface area contributed by atoms with Crippen molar-refractivity contribution in [1.29, 1.82) is 0 Å². The summed E-state index contributed by atoms with van der Waals surface area (Å²) in [5.74, 6) is 1.59. The molecule has 0 bridgehead atoms. The molecule has 168 valence electrons. The van der Waals surface area contributed by atoms with E-state index < -0.39 is 0 Å². The third kappa shape index (κ3) is 3.62. The molecule has 2 N–H and O–H groups in total. The maximum Gasteiger partial charge on any atom is 0.322 e. The van der Waals surface area contributed by atoms with E-state index in [-0.39, 0.29) is 0 Å². The van der Waals surface area contributed by atoms with E-state index in [1.54, 1.807) is 18.5 Å². The van der Waals surface area contributed by atoms with Crippen molar-refractivity contribution in [3.05, 3.63) is 72.8 Å². The number of fused-ring (bicyclic) bond motifs is 1. The SMILES string of the molecule is C=Cc1ncc(-c2c(-c3ccc(Oc4nccc(C)n4)cc3)c3c(N)ncnc3n2C)c(C)n1. The Morgan fingerprint density at radius 2 is 1.79 bits per heavy atom. The number of nitrogens with zero attached hydrogens (tertiary/aromatic N) is 7. The van der Waals surface area contributed by atoms with Gasteiger partial charge >= 0.3 is 6.01 Å². The van der Waals surface area contributed by atoms with Crippen molar-refractivity contribution in [2.45, 2.75) is 13.8 Å². The molecule has 5 aromatic rings. The summed E-state index contributed by atoms with van der Waals surface area (Å²) in [6.07, 6.45) is 6.56. The lowest BCUT2D eigenvalue weighted by Crippen LogP contribution is -2.00. The van der Waals surface area contributed by atoms with E-state index in [1.807, 2.05) is 55.8 Å². The number of aromatic nitrogens is 7. The summed E-state index contributed by atoms with van der Waals surface area (Å²) >= 11 is 0. The number of nitrogens with two attached hydrogens (primary N) is 1. The van der Waals surface area contributed by atoms with E-state index in [4.69, 9.17) is 10.5 Å². The van der Waals surface area contributed by atoms with Crippen LogP contribution in [0.5, 0.6) is 11.8 Å². The Morgan fingerprint density at radius 3 is 2.50 bits per heavy atom. The Balaban J connectivity index is 1.67. The predicted octanol–water partition coefficient (Wildman–Crippen LogP) is 4.52. The molecule has 0 spiro atoms. The van der Waals surface area contributed by atoms with Crippen molar-refractivity contribution in [3.8, 4) is 34.1 Å². The van der Waals surface area contributed by atoms with Gasteiger partial charge in [-0.3, -0.25) is 0 Å². The number of nitrogen functional groups attached to an aromatic ring is 1. The molecule has 0 radical (unpaired) electrons. The molecular weight excluding hydrogens is 428 g/mol. The van der Waals surface area contributed by atoms with Crippen LogP contribution in [0.15, 0.2) is 55.6 Å². The van der Waals surface area contributed by atoms with Gasteiger partial charge in [0.05, 0.1) is 16.8 Å². The van der Waals surface area contributed by atoms with E-state index >= 15 is 0 Å². The second kappa shape index (κ2) is 8.36. The number of ether oxygens (including phenoxy) is 1. The molecule has 0 saturated carbocycles. The molecule has 0 aliphatic heterocycles. The van der Waals surface area contributed by atoms with Crippen LogP contribution in [0.3, 0.4) is 0 Å². The average molecular weight is 451 g/mol. The highest BCUT2D eigenvalue weighted by Crippen LogP contribution is 2.42. The van der Waals surface area contributed by atoms with Crippen LogP contribution in [0, 0.1) is 13.8 Å². The Labute approximate surface area is 196 Å². The van der Waals surface area contributed by atoms with Gasteiger partial charge in [0.1, 0.15) is 23.5 Å². The number of hydrogen-bond acceptors (Lipinski definition) is 8. The van der Waals surface area contributed by atoms with E-state index in [2.05, 4.69) is 36.5 Å². The van der Waals surface area contributed by atoms with Gasteiger partial charge < -0.3 is 15.0 Å². The van der Waals surface area contributed by atoms with Crippen LogP contribution in [0.1, 0.15) is 17.2 Å². The molecule has 0 aliphatic carbocycles. The zero-order chi connectivity index (χ0) is 23.8. The fourth-order valence-electron chi connectivity index (χ4n) is 3.96. The van der Waals surface area contributed by atoms with E-state index in [9.17, 15) is 0 Å². The highest BCUT2D eigenvalue weighted by molar-refractivity contribution is 6.07. The number of rotatable bonds is 5. The van der Waals surface area contributed by atoms with Crippen LogP contribution < -0.4 is 10.5 Å². The van der Waals surface area contributed by atoms with E-state index in [0.717, 1.165) is 44.8 Å². The molecule has 0 amide bonds. The number of anilines is 1. The summed E-state index contributed by atoms with van der Waals surface area (Å²) in [4.78, 5) is 26.2. The summed E-state index contributed by atoms with van der Waals surface area (Å²) in [6, 6.07) is 9.78. The van der Waals surface area contributed by atoms with Gasteiger partial charge in [0.15, 0.2) is 5.82 Å². The molecule has 0 saturated heterocycles. The van der Waals surface area contributed by atoms with Gasteiger partial charge in [0.25, 0.3) is 0 Å². The quantitative estimate of drug-likeness (QED) is 0.415. The molecule has 34 heavy (non-hydrogen) atoms. The first kappa shape index (κ1) is 21.2. The summed E-state index contributed by atoms with van der Waals surface area (Å²) in [6.45, 7) is 7.59. The smallest absolute Gasteiger partial charge is 0.322 e. The third-order valence-electron chi connectivity index (χ3n) is 5.56. The maximum absolute atomic E-state index is 6.33. The molecule has 5 rings (SSSR count). The molecule has 0 fully saturated rings. The van der Waals surface area contributed by atoms with Gasteiger partial charge in [-0.2, -0.15) is 0 Å². The van der Waals surface area contributed by atoms with Gasteiger partial charge in [-0.25, -0.2) is 29.9 Å². The van der Waals surface area contributed by atoms with Crippen LogP contribution in [-0.2, 0) is 7.05 Å². The normalized spacial score (nSPS) is 11.0. The fourth-order valence-corrected chi connectivity index (χ4v) is 3.96. The Hall–Kier alpha value is -4.66. The molecular formula is C25H22N8O. The second-order valence-corrected chi connectivity index (χ2v) is 7.78. The van der Waals surface area contributed by atoms with E-state index in [0.29, 0.717) is 23.4 Å². The molecule has 4 aromatic heterocycles. The Bertz CT molecular complexity index is 1540. The minimum Gasteiger partial charge on any atom is -0.424 e. The van der Waals surface area contributed by atoms with Crippen molar-refractivity contribution in [2.75, 3.05) is 5.73 Å². The first-order valence-corrected chi connectivity index (χ1v) is 10.6. The van der Waals surface area contributed by atoms with Crippen LogP contribution in [-0.4, -0.2) is 34.5 Å². The van der Waals surface area contributed by atoms with Crippen molar-refractivity contribution in [1.82, 2.24) is 34.5 Å². The molecule has 0 unspecified atom stereocenters. The summed E-state index contributed by atoms with van der Waals surface area (Å²) < 4.78 is 7.81. The van der Waals surface area contributed by atoms with Crippen molar-refractivity contribution in [3.63, 3.8) is 0 Å². The fraction of sp³-hybridized carbons (Fsp3) is 0.120. The lowest BCUT2D eigenvalue weighted by atomic mass is 9.99. The van der Waals surface area contributed by atoms with Crippen molar-refractivity contribution in [2.24, 2.45) is 7.05 Å². The molecule has 9 nitrogen and oxygen atoms in total. The standard InChI is InChI=1S/C25H22N8O/c1-5-19-28-12-18(15(3)32-19)22-20(21-23(26)29-13-30-24(21)33(22)4)16-6-8-17(9-7-16)34-25-27-11-10-14(2)31-25/h5-13H,1H2,2-4H3,(H2,26,29,30). The zero-order valence-corrected chi connectivity index (χ0v) is 19.0. The minimum atomic E-state index is 0.298. The zero-order valence-electron chi connectivity index (χ0n) is 19.0. The maximum atomic E-state index is 6.33. The Kier molecular flexibility index (Phi) is 5.21. The molecule has 9 heteroatoms. The molecule has 1 aromatic carbocycles. The van der Waals surface area contributed by atoms with Gasteiger partial charge in [-0.15, -0.1) is 0 Å². The number of benzene rings is 1. The number of hydrogen-bond donors (Lipinski definition) is 1. The predicted molar refractivity (Wildman–Crippen MR) is 131 cm³/mol. The lowest BCUT2D eigenvalue weighted by Gasteiger charge is -2.11. The third-order valence-corrected chi connectivity index (χ3v) is 5.56. The van der Waals surface area contributed by atoms with Crippen molar-refractivity contribution >= 4 is 22.9 Å². The van der Waals surface area contributed by atoms with Gasteiger partial charge in [0.2, 0.25) is 0 Å². The van der Waals surface area contributed by atoms with Crippen LogP contribution in [0.25, 0.3) is 39.5 Å². The minimum absolute atomic E-state index is 0.298. The second-order valence-electron chi connectivity index (χ2n) is 7.78. The van der Waals surface area contributed by atoms with Crippen molar-refractivity contribution < 1.29 is 4.74 Å². The molecule has 0 aliphatic rings. The topological polar surface area (TPSA) is 118 Å². The van der Waals surface area contributed by atoms with Gasteiger partial charge in [-0.05, 0) is 43.7 Å². The number of aryl methyl sites for hydroxylation is 3. The first-order valence-electron chi connectivity index (χ1n) is 10.6. The monoisotopic (exact) mass is 450 g/mol.